The van der Waals surface area contributed by atoms with Crippen molar-refractivity contribution in [3.63, 3.8) is 0 Å². The summed E-state index contributed by atoms with van der Waals surface area (Å²) < 4.78 is 41.4. The number of fused-ring (bicyclic) bond motifs is 1. The first-order chi connectivity index (χ1) is 13.3. The Kier molecular flexibility index (Phi) is 5.48. The second-order valence-corrected chi connectivity index (χ2v) is 6.46. The number of aryl methyl sites for hydroxylation is 1. The average Bonchev–Trinajstić information content (AvgIpc) is 2.63. The molecule has 3 rings (SSSR count). The van der Waals surface area contributed by atoms with Gasteiger partial charge in [0.1, 0.15) is 17.5 Å². The van der Waals surface area contributed by atoms with E-state index in [0.29, 0.717) is 41.5 Å². The number of amides is 1. The third-order valence-corrected chi connectivity index (χ3v) is 4.41. The molecule has 146 valence electrons. The van der Waals surface area contributed by atoms with Crippen molar-refractivity contribution in [3.8, 4) is 0 Å². The number of rotatable bonds is 6. The van der Waals surface area contributed by atoms with Gasteiger partial charge in [0, 0.05) is 17.0 Å². The van der Waals surface area contributed by atoms with Crippen molar-refractivity contribution in [1.82, 2.24) is 9.97 Å². The van der Waals surface area contributed by atoms with Gasteiger partial charge in [-0.3, -0.25) is 4.79 Å². The number of nitrogens with two attached hydrogens (primary N) is 1. The summed E-state index contributed by atoms with van der Waals surface area (Å²) in [5, 5.41) is 3.62. The van der Waals surface area contributed by atoms with Crippen LogP contribution in [0.3, 0.4) is 0 Å². The minimum absolute atomic E-state index is 0.00350. The normalized spacial score (nSPS) is 12.2. The lowest BCUT2D eigenvalue weighted by Gasteiger charge is -2.21. The maximum atomic E-state index is 14.3. The van der Waals surface area contributed by atoms with E-state index < -0.39 is 29.4 Å². The largest absolute Gasteiger partial charge is 0.366 e. The number of halogens is 3. The van der Waals surface area contributed by atoms with Gasteiger partial charge >= 0.3 is 0 Å². The number of aromatic nitrogens is 2. The molecule has 28 heavy (non-hydrogen) atoms. The summed E-state index contributed by atoms with van der Waals surface area (Å²) >= 11 is 0. The minimum atomic E-state index is -1.24. The van der Waals surface area contributed by atoms with Crippen LogP contribution in [0.1, 0.15) is 47.6 Å². The van der Waals surface area contributed by atoms with Crippen molar-refractivity contribution < 1.29 is 18.0 Å². The first-order valence-electron chi connectivity index (χ1n) is 8.80. The molecule has 8 heteroatoms. The Labute approximate surface area is 159 Å². The molecule has 0 fully saturated rings. The Morgan fingerprint density at radius 1 is 1.14 bits per heavy atom. The first kappa shape index (κ1) is 19.6. The van der Waals surface area contributed by atoms with E-state index in [9.17, 15) is 18.0 Å². The number of nitrogens with zero attached hydrogens (tertiary/aromatic N) is 2. The van der Waals surface area contributed by atoms with Crippen molar-refractivity contribution in [2.75, 3.05) is 5.32 Å². The molecule has 0 saturated heterocycles. The molecule has 1 aromatic heterocycles. The molecule has 0 bridgehead atoms. The van der Waals surface area contributed by atoms with Gasteiger partial charge in [-0.25, -0.2) is 23.1 Å². The van der Waals surface area contributed by atoms with E-state index in [2.05, 4.69) is 15.3 Å². The van der Waals surface area contributed by atoms with Crippen LogP contribution >= 0.6 is 0 Å². The number of carbonyl (C=O) groups excluding carboxylic acids is 1. The highest BCUT2D eigenvalue weighted by Gasteiger charge is 2.21. The topological polar surface area (TPSA) is 80.9 Å². The van der Waals surface area contributed by atoms with Gasteiger partial charge < -0.3 is 11.1 Å². The Balaban J connectivity index is 2.12. The van der Waals surface area contributed by atoms with E-state index in [1.54, 1.807) is 25.1 Å². The lowest BCUT2D eigenvalue weighted by Crippen LogP contribution is -2.16. The molecule has 3 aromatic rings. The van der Waals surface area contributed by atoms with Crippen LogP contribution in [0, 0.1) is 24.4 Å². The lowest BCUT2D eigenvalue weighted by molar-refractivity contribution is 0.100. The lowest BCUT2D eigenvalue weighted by atomic mass is 10.0. The first-order valence-corrected chi connectivity index (χ1v) is 8.80. The Morgan fingerprint density at radius 3 is 2.54 bits per heavy atom. The summed E-state index contributed by atoms with van der Waals surface area (Å²) in [7, 11) is 0. The summed E-state index contributed by atoms with van der Waals surface area (Å²) in [5.41, 5.74) is 6.02. The van der Waals surface area contributed by atoms with Crippen molar-refractivity contribution >= 4 is 22.6 Å². The van der Waals surface area contributed by atoms with E-state index in [1.807, 2.05) is 6.92 Å². The SMILES string of the molecule is CCC[C@@H](Nc1nc(C)nc2c(C(N)=O)cccc12)c1cc(F)c(F)cc1F. The maximum Gasteiger partial charge on any atom is 0.250 e. The Morgan fingerprint density at radius 2 is 1.86 bits per heavy atom. The van der Waals surface area contributed by atoms with Crippen molar-refractivity contribution in [2.45, 2.75) is 32.7 Å². The molecule has 3 N–H and O–H groups in total. The van der Waals surface area contributed by atoms with Crippen molar-refractivity contribution in [2.24, 2.45) is 5.73 Å². The molecule has 0 aliphatic heterocycles. The highest BCUT2D eigenvalue weighted by molar-refractivity contribution is 6.07. The Bertz CT molecular complexity index is 1060. The van der Waals surface area contributed by atoms with Gasteiger partial charge in [0.05, 0.1) is 17.1 Å². The fourth-order valence-electron chi connectivity index (χ4n) is 3.14. The minimum Gasteiger partial charge on any atom is -0.366 e. The molecule has 5 nitrogen and oxygen atoms in total. The van der Waals surface area contributed by atoms with E-state index in [-0.39, 0.29) is 11.1 Å². The fourth-order valence-corrected chi connectivity index (χ4v) is 3.14. The number of carbonyl (C=O) groups is 1. The third-order valence-electron chi connectivity index (χ3n) is 4.41. The zero-order valence-corrected chi connectivity index (χ0v) is 15.4. The molecule has 1 atom stereocenters. The molecule has 2 aromatic carbocycles. The molecule has 0 radical (unpaired) electrons. The highest BCUT2D eigenvalue weighted by atomic mass is 19.2. The molecular weight excluding hydrogens is 369 g/mol. The van der Waals surface area contributed by atoms with Crippen molar-refractivity contribution in [3.05, 3.63) is 64.7 Å². The van der Waals surface area contributed by atoms with Crippen LogP contribution in [0.15, 0.2) is 30.3 Å². The standard InChI is InChI=1S/C20H19F3N4O/c1-3-5-17(13-8-15(22)16(23)9-14(13)21)27-20-12-7-4-6-11(19(24)28)18(12)25-10(2)26-20/h4,6-9,17H,3,5H2,1-2H3,(H2,24,28)(H,25,26,27)/t17-/m1/s1. The molecule has 0 aliphatic carbocycles. The van der Waals surface area contributed by atoms with Crippen LogP contribution in [-0.2, 0) is 0 Å². The van der Waals surface area contributed by atoms with Crippen LogP contribution < -0.4 is 11.1 Å². The predicted molar refractivity (Wildman–Crippen MR) is 100 cm³/mol. The van der Waals surface area contributed by atoms with Crippen LogP contribution in [0.25, 0.3) is 10.9 Å². The maximum absolute atomic E-state index is 14.3. The quantitative estimate of drug-likeness (QED) is 0.613. The van der Waals surface area contributed by atoms with Crippen LogP contribution in [0.2, 0.25) is 0 Å². The number of hydrogen-bond donors (Lipinski definition) is 2. The molecule has 1 amide bonds. The summed E-state index contributed by atoms with van der Waals surface area (Å²) in [4.78, 5) is 20.4. The zero-order chi connectivity index (χ0) is 20.4. The molecule has 1 heterocycles. The van der Waals surface area contributed by atoms with E-state index in [1.165, 1.54) is 0 Å². The van der Waals surface area contributed by atoms with Gasteiger partial charge in [-0.1, -0.05) is 19.4 Å². The van der Waals surface area contributed by atoms with Gasteiger partial charge in [-0.15, -0.1) is 0 Å². The number of primary amides is 1. The van der Waals surface area contributed by atoms with Crippen LogP contribution in [0.4, 0.5) is 19.0 Å². The van der Waals surface area contributed by atoms with E-state index in [0.717, 1.165) is 6.07 Å². The zero-order valence-electron chi connectivity index (χ0n) is 15.4. The average molecular weight is 388 g/mol. The number of nitrogens with one attached hydrogen (secondary N) is 1. The number of para-hydroxylation sites is 1. The monoisotopic (exact) mass is 388 g/mol. The number of benzene rings is 2. The predicted octanol–water partition coefficient (Wildman–Crippen LogP) is 4.41. The van der Waals surface area contributed by atoms with Crippen molar-refractivity contribution in [1.29, 1.82) is 0 Å². The smallest absolute Gasteiger partial charge is 0.250 e. The summed E-state index contributed by atoms with van der Waals surface area (Å²) in [5.74, 6) is -3.12. The summed E-state index contributed by atoms with van der Waals surface area (Å²) in [6.07, 6.45) is 1.10. The number of hydrogen-bond acceptors (Lipinski definition) is 4. The highest BCUT2D eigenvalue weighted by Crippen LogP contribution is 2.31. The summed E-state index contributed by atoms with van der Waals surface area (Å²) in [6.45, 7) is 3.54. The summed E-state index contributed by atoms with van der Waals surface area (Å²) in [6, 6.07) is 5.62. The van der Waals surface area contributed by atoms with E-state index in [4.69, 9.17) is 5.73 Å². The molecule has 0 saturated carbocycles. The van der Waals surface area contributed by atoms with Crippen LogP contribution in [-0.4, -0.2) is 15.9 Å². The van der Waals surface area contributed by atoms with Crippen LogP contribution in [0.5, 0.6) is 0 Å². The molecule has 0 aliphatic rings. The van der Waals surface area contributed by atoms with Gasteiger partial charge in [-0.05, 0) is 31.5 Å². The van der Waals surface area contributed by atoms with Gasteiger partial charge in [-0.2, -0.15) is 0 Å². The van der Waals surface area contributed by atoms with Gasteiger partial charge in [0.2, 0.25) is 0 Å². The second kappa shape index (κ2) is 7.84. The number of anilines is 1. The molecule has 0 unspecified atom stereocenters. The molecular formula is C20H19F3N4O. The fraction of sp³-hybridized carbons (Fsp3) is 0.250. The van der Waals surface area contributed by atoms with Gasteiger partial charge in [0.15, 0.2) is 11.6 Å². The molecule has 0 spiro atoms. The van der Waals surface area contributed by atoms with Gasteiger partial charge in [0.25, 0.3) is 5.91 Å². The third kappa shape index (κ3) is 3.76. The van der Waals surface area contributed by atoms with E-state index >= 15 is 0 Å². The second-order valence-electron chi connectivity index (χ2n) is 6.46. The Hall–Kier alpha value is -3.16.